The number of rotatable bonds is 3. The first-order valence-electron chi connectivity index (χ1n) is 8.34. The summed E-state index contributed by atoms with van der Waals surface area (Å²) in [5.74, 6) is 0.366. The fourth-order valence-corrected chi connectivity index (χ4v) is 2.63. The van der Waals surface area contributed by atoms with Gasteiger partial charge in [0.2, 0.25) is 0 Å². The average molecular weight is 376 g/mol. The number of carbonyl (C=O) groups is 1. The molecule has 3 rings (SSSR count). The quantitative estimate of drug-likeness (QED) is 0.784. The Labute approximate surface area is 155 Å². The maximum Gasteiger partial charge on any atom is 0.409 e. The number of ether oxygens (including phenoxy) is 1. The van der Waals surface area contributed by atoms with Crippen LogP contribution in [0.4, 0.5) is 24.5 Å². The van der Waals surface area contributed by atoms with Crippen molar-refractivity contribution in [1.29, 1.82) is 0 Å². The third-order valence-electron chi connectivity index (χ3n) is 3.94. The van der Waals surface area contributed by atoms with E-state index in [2.05, 4.69) is 10.6 Å². The van der Waals surface area contributed by atoms with Gasteiger partial charge in [0, 0.05) is 17.3 Å². The fraction of sp³-hybridized carbons (Fsp3) is 0.250. The van der Waals surface area contributed by atoms with Crippen molar-refractivity contribution in [2.45, 2.75) is 25.6 Å². The second kappa shape index (κ2) is 6.98. The van der Waals surface area contributed by atoms with Crippen LogP contribution in [0.25, 0.3) is 6.08 Å². The van der Waals surface area contributed by atoms with E-state index in [1.807, 2.05) is 13.8 Å². The first-order chi connectivity index (χ1) is 12.6. The van der Waals surface area contributed by atoms with Gasteiger partial charge in [-0.05, 0) is 49.7 Å². The molecule has 142 valence electrons. The fourth-order valence-electron chi connectivity index (χ4n) is 2.63. The van der Waals surface area contributed by atoms with E-state index in [0.29, 0.717) is 29.2 Å². The highest BCUT2D eigenvalue weighted by molar-refractivity contribution is 6.04. The smallest absolute Gasteiger partial charge is 0.409 e. The molecule has 0 unspecified atom stereocenters. The molecule has 0 fully saturated rings. The van der Waals surface area contributed by atoms with Crippen LogP contribution in [0.5, 0.6) is 5.75 Å². The molecule has 7 heteroatoms. The predicted octanol–water partition coefficient (Wildman–Crippen LogP) is 5.10. The van der Waals surface area contributed by atoms with E-state index in [1.54, 1.807) is 18.2 Å². The van der Waals surface area contributed by atoms with Crippen molar-refractivity contribution in [2.24, 2.45) is 0 Å². The summed E-state index contributed by atoms with van der Waals surface area (Å²) in [5.41, 5.74) is 1.88. The normalized spacial score (nSPS) is 15.6. The minimum absolute atomic E-state index is 0.158. The van der Waals surface area contributed by atoms with Crippen molar-refractivity contribution in [1.82, 2.24) is 0 Å². The number of nitrogens with one attached hydrogen (secondary N) is 2. The lowest BCUT2D eigenvalue weighted by molar-refractivity contribution is -0.0790. The van der Waals surface area contributed by atoms with Gasteiger partial charge in [-0.1, -0.05) is 18.2 Å². The molecular formula is C20H19F3N2O2. The van der Waals surface area contributed by atoms with Crippen LogP contribution in [0.15, 0.2) is 48.5 Å². The molecule has 1 heterocycles. The summed E-state index contributed by atoms with van der Waals surface area (Å²) >= 11 is 0. The molecule has 1 aliphatic heterocycles. The van der Waals surface area contributed by atoms with Gasteiger partial charge in [-0.25, -0.2) is 0 Å². The monoisotopic (exact) mass is 376 g/mol. The molecule has 1 aliphatic rings. The Hall–Kier alpha value is -2.96. The zero-order valence-electron chi connectivity index (χ0n) is 14.9. The van der Waals surface area contributed by atoms with Crippen molar-refractivity contribution in [2.75, 3.05) is 17.2 Å². The molecule has 0 radical (unpaired) electrons. The zero-order chi connectivity index (χ0) is 19.7. The summed E-state index contributed by atoms with van der Waals surface area (Å²) < 4.78 is 42.3. The highest BCUT2D eigenvalue weighted by Crippen LogP contribution is 2.34. The lowest BCUT2D eigenvalue weighted by atomic mass is 10.0. The summed E-state index contributed by atoms with van der Waals surface area (Å²) in [6.07, 6.45) is -3.25. The Bertz CT molecular complexity index is 872. The summed E-state index contributed by atoms with van der Waals surface area (Å²) in [6.45, 7) is 4.56. The molecule has 0 aromatic heterocycles. The molecule has 2 N–H and O–H groups in total. The maximum atomic E-state index is 12.4. The van der Waals surface area contributed by atoms with E-state index in [-0.39, 0.29) is 17.5 Å². The van der Waals surface area contributed by atoms with Crippen LogP contribution in [-0.4, -0.2) is 24.2 Å². The lowest BCUT2D eigenvalue weighted by Gasteiger charge is -2.33. The van der Waals surface area contributed by atoms with Gasteiger partial charge in [0.1, 0.15) is 12.4 Å². The topological polar surface area (TPSA) is 50.4 Å². The first kappa shape index (κ1) is 18.8. The molecule has 0 aliphatic carbocycles. The Morgan fingerprint density at radius 1 is 1.19 bits per heavy atom. The number of hydrogen-bond donors (Lipinski definition) is 2. The number of amides is 1. The summed E-state index contributed by atoms with van der Waals surface area (Å²) in [4.78, 5) is 12.4. The highest BCUT2D eigenvalue weighted by atomic mass is 19.4. The molecule has 0 spiro atoms. The third kappa shape index (κ3) is 5.03. The molecule has 0 bridgehead atoms. The zero-order valence-corrected chi connectivity index (χ0v) is 14.9. The first-order valence-corrected chi connectivity index (χ1v) is 8.34. The summed E-state index contributed by atoms with van der Waals surface area (Å²) in [6, 6.07) is 11.2. The second-order valence-electron chi connectivity index (χ2n) is 6.96. The standard InChI is InChI=1S/C20H19F3N2O2/c1-19(2)12-27-17-8-7-15(11-16(17)25-19)24-18(26)14-5-3-13(4-6-14)9-10-20(21,22)23/h3-11,25H,12H2,1-2H3,(H,24,26)/b10-9+. The molecule has 2 aromatic carbocycles. The Morgan fingerprint density at radius 3 is 2.56 bits per heavy atom. The number of carbonyl (C=O) groups excluding carboxylic acids is 1. The summed E-state index contributed by atoms with van der Waals surface area (Å²) in [5, 5.41) is 6.13. The van der Waals surface area contributed by atoms with Crippen LogP contribution in [0.1, 0.15) is 29.8 Å². The van der Waals surface area contributed by atoms with Gasteiger partial charge in [-0.15, -0.1) is 0 Å². The van der Waals surface area contributed by atoms with Crippen LogP contribution in [0.3, 0.4) is 0 Å². The average Bonchev–Trinajstić information content (AvgIpc) is 2.58. The Morgan fingerprint density at radius 2 is 1.89 bits per heavy atom. The molecule has 1 amide bonds. The molecule has 0 saturated heterocycles. The minimum atomic E-state index is -4.37. The van der Waals surface area contributed by atoms with E-state index >= 15 is 0 Å². The minimum Gasteiger partial charge on any atom is -0.489 e. The molecule has 4 nitrogen and oxygen atoms in total. The SMILES string of the molecule is CC1(C)COc2ccc(NC(=O)c3ccc(/C=C/C(F)(F)F)cc3)cc2N1. The van der Waals surface area contributed by atoms with Crippen molar-refractivity contribution in [3.63, 3.8) is 0 Å². The molecule has 0 atom stereocenters. The number of fused-ring (bicyclic) bond motifs is 1. The lowest BCUT2D eigenvalue weighted by Crippen LogP contribution is -2.40. The van der Waals surface area contributed by atoms with E-state index < -0.39 is 6.18 Å². The van der Waals surface area contributed by atoms with Crippen molar-refractivity contribution in [3.8, 4) is 5.75 Å². The van der Waals surface area contributed by atoms with Crippen LogP contribution in [0.2, 0.25) is 0 Å². The van der Waals surface area contributed by atoms with Crippen LogP contribution < -0.4 is 15.4 Å². The molecule has 27 heavy (non-hydrogen) atoms. The van der Waals surface area contributed by atoms with Gasteiger partial charge in [0.15, 0.2) is 0 Å². The van der Waals surface area contributed by atoms with E-state index in [0.717, 1.165) is 11.8 Å². The van der Waals surface area contributed by atoms with Crippen LogP contribution in [-0.2, 0) is 0 Å². The van der Waals surface area contributed by atoms with Crippen molar-refractivity contribution >= 4 is 23.4 Å². The van der Waals surface area contributed by atoms with Gasteiger partial charge in [-0.3, -0.25) is 4.79 Å². The van der Waals surface area contributed by atoms with Crippen LogP contribution >= 0.6 is 0 Å². The van der Waals surface area contributed by atoms with E-state index in [4.69, 9.17) is 4.74 Å². The van der Waals surface area contributed by atoms with Crippen molar-refractivity contribution < 1.29 is 22.7 Å². The van der Waals surface area contributed by atoms with Gasteiger partial charge in [0.05, 0.1) is 11.2 Å². The van der Waals surface area contributed by atoms with E-state index in [1.165, 1.54) is 24.3 Å². The number of benzene rings is 2. The number of allylic oxidation sites excluding steroid dienone is 1. The number of halogens is 3. The largest absolute Gasteiger partial charge is 0.489 e. The maximum absolute atomic E-state index is 12.4. The predicted molar refractivity (Wildman–Crippen MR) is 99.1 cm³/mol. The number of anilines is 2. The Balaban J connectivity index is 1.70. The van der Waals surface area contributed by atoms with Gasteiger partial charge in [-0.2, -0.15) is 13.2 Å². The summed E-state index contributed by atoms with van der Waals surface area (Å²) in [7, 11) is 0. The molecular weight excluding hydrogens is 357 g/mol. The van der Waals surface area contributed by atoms with Crippen LogP contribution in [0, 0.1) is 0 Å². The second-order valence-corrected chi connectivity index (χ2v) is 6.96. The number of alkyl halides is 3. The van der Waals surface area contributed by atoms with Gasteiger partial charge < -0.3 is 15.4 Å². The molecule has 2 aromatic rings. The van der Waals surface area contributed by atoms with Gasteiger partial charge >= 0.3 is 6.18 Å². The van der Waals surface area contributed by atoms with Crippen molar-refractivity contribution in [3.05, 3.63) is 59.7 Å². The Kier molecular flexibility index (Phi) is 4.87. The third-order valence-corrected chi connectivity index (χ3v) is 3.94. The number of hydrogen-bond acceptors (Lipinski definition) is 3. The van der Waals surface area contributed by atoms with Gasteiger partial charge in [0.25, 0.3) is 5.91 Å². The van der Waals surface area contributed by atoms with E-state index in [9.17, 15) is 18.0 Å². The highest BCUT2D eigenvalue weighted by Gasteiger charge is 2.25. The molecule has 0 saturated carbocycles.